The third-order valence-electron chi connectivity index (χ3n) is 2.54. The van der Waals surface area contributed by atoms with E-state index in [1.165, 1.54) is 6.33 Å². The second-order valence-electron chi connectivity index (χ2n) is 3.71. The van der Waals surface area contributed by atoms with Gasteiger partial charge in [0.05, 0.1) is 32.5 Å². The average molecular weight is 264 g/mol. The summed E-state index contributed by atoms with van der Waals surface area (Å²) in [6, 6.07) is 0. The first kappa shape index (κ1) is 13.2. The van der Waals surface area contributed by atoms with Crippen molar-refractivity contribution in [2.45, 2.75) is 13.1 Å². The van der Waals surface area contributed by atoms with Crippen LogP contribution < -0.4 is 14.8 Å². The van der Waals surface area contributed by atoms with Gasteiger partial charge in [0.2, 0.25) is 11.8 Å². The quantitative estimate of drug-likeness (QED) is 0.697. The van der Waals surface area contributed by atoms with Crippen molar-refractivity contribution in [1.82, 2.24) is 30.3 Å². The number of hydrogen-bond donors (Lipinski definition) is 1. The van der Waals surface area contributed by atoms with Gasteiger partial charge < -0.3 is 14.8 Å². The van der Waals surface area contributed by atoms with E-state index in [9.17, 15) is 0 Å². The number of hydrogen-bond acceptors (Lipinski definition) is 7. The Hall–Kier alpha value is -2.22. The highest BCUT2D eigenvalue weighted by molar-refractivity contribution is 5.34. The van der Waals surface area contributed by atoms with E-state index in [0.717, 1.165) is 18.7 Å². The minimum Gasteiger partial charge on any atom is -0.481 e. The Labute approximate surface area is 110 Å². The molecule has 2 aromatic heterocycles. The summed E-state index contributed by atoms with van der Waals surface area (Å²) in [6.45, 7) is 2.03. The molecule has 2 aromatic rings. The van der Waals surface area contributed by atoms with E-state index in [0.29, 0.717) is 18.3 Å². The van der Waals surface area contributed by atoms with E-state index >= 15 is 0 Å². The molecule has 0 spiro atoms. The molecule has 0 unspecified atom stereocenters. The molecule has 0 aliphatic heterocycles. The summed E-state index contributed by atoms with van der Waals surface area (Å²) in [4.78, 5) is 8.11. The van der Waals surface area contributed by atoms with Gasteiger partial charge in [-0.2, -0.15) is 0 Å². The van der Waals surface area contributed by atoms with Crippen molar-refractivity contribution >= 4 is 0 Å². The van der Waals surface area contributed by atoms with Gasteiger partial charge in [-0.1, -0.05) is 5.21 Å². The van der Waals surface area contributed by atoms with E-state index in [4.69, 9.17) is 9.47 Å². The molecule has 2 heterocycles. The van der Waals surface area contributed by atoms with Crippen LogP contribution in [0.1, 0.15) is 5.56 Å². The molecule has 0 atom stereocenters. The fourth-order valence-corrected chi connectivity index (χ4v) is 1.64. The Kier molecular flexibility index (Phi) is 4.62. The lowest BCUT2D eigenvalue weighted by molar-refractivity contribution is 0.358. The van der Waals surface area contributed by atoms with Gasteiger partial charge >= 0.3 is 0 Å². The molecule has 0 aromatic carbocycles. The summed E-state index contributed by atoms with van der Waals surface area (Å²) in [7, 11) is 3.14. The molecule has 0 saturated heterocycles. The molecule has 8 heteroatoms. The van der Waals surface area contributed by atoms with Crippen molar-refractivity contribution in [1.29, 1.82) is 0 Å². The Morgan fingerprint density at radius 2 is 1.95 bits per heavy atom. The van der Waals surface area contributed by atoms with Gasteiger partial charge in [0, 0.05) is 19.3 Å². The first-order valence-corrected chi connectivity index (χ1v) is 5.81. The highest BCUT2D eigenvalue weighted by Gasteiger charge is 2.11. The molecular weight excluding hydrogens is 248 g/mol. The van der Waals surface area contributed by atoms with Gasteiger partial charge in [-0.05, 0) is 0 Å². The molecular formula is C11H16N6O2. The number of aromatic nitrogens is 5. The summed E-state index contributed by atoms with van der Waals surface area (Å²) >= 11 is 0. The summed E-state index contributed by atoms with van der Waals surface area (Å²) < 4.78 is 12.1. The predicted octanol–water partition coefficient (Wildman–Crippen LogP) is -0.125. The molecule has 0 saturated carbocycles. The monoisotopic (exact) mass is 264 g/mol. The number of ether oxygens (including phenoxy) is 2. The zero-order chi connectivity index (χ0) is 13.5. The fraction of sp³-hybridized carbons (Fsp3) is 0.455. The molecule has 102 valence electrons. The van der Waals surface area contributed by atoms with Crippen LogP contribution in [0, 0.1) is 0 Å². The molecule has 2 rings (SSSR count). The summed E-state index contributed by atoms with van der Waals surface area (Å²) in [5.74, 6) is 1.03. The van der Waals surface area contributed by atoms with Gasteiger partial charge in [-0.3, -0.25) is 4.68 Å². The lowest BCUT2D eigenvalue weighted by Crippen LogP contribution is -2.21. The largest absolute Gasteiger partial charge is 0.481 e. The number of methoxy groups -OCH3 is 2. The predicted molar refractivity (Wildman–Crippen MR) is 66.9 cm³/mol. The van der Waals surface area contributed by atoms with Crippen molar-refractivity contribution in [2.24, 2.45) is 0 Å². The zero-order valence-corrected chi connectivity index (χ0v) is 10.9. The number of rotatable bonds is 7. The summed E-state index contributed by atoms with van der Waals surface area (Å²) in [6.07, 6.45) is 4.88. The van der Waals surface area contributed by atoms with E-state index in [-0.39, 0.29) is 0 Å². The maximum Gasteiger partial charge on any atom is 0.224 e. The fourth-order valence-electron chi connectivity index (χ4n) is 1.64. The van der Waals surface area contributed by atoms with Crippen LogP contribution in [0.3, 0.4) is 0 Å². The van der Waals surface area contributed by atoms with Gasteiger partial charge in [0.15, 0.2) is 0 Å². The Morgan fingerprint density at radius 1 is 1.21 bits per heavy atom. The van der Waals surface area contributed by atoms with Gasteiger partial charge in [0.1, 0.15) is 6.33 Å². The smallest absolute Gasteiger partial charge is 0.224 e. The summed E-state index contributed by atoms with van der Waals surface area (Å²) in [5.41, 5.74) is 0.797. The second kappa shape index (κ2) is 6.64. The van der Waals surface area contributed by atoms with Gasteiger partial charge in [-0.15, -0.1) is 5.10 Å². The zero-order valence-electron chi connectivity index (χ0n) is 10.9. The van der Waals surface area contributed by atoms with Crippen LogP contribution in [0.2, 0.25) is 0 Å². The van der Waals surface area contributed by atoms with Crippen molar-refractivity contribution in [3.8, 4) is 11.8 Å². The molecule has 0 amide bonds. The minimum atomic E-state index is 0.514. The van der Waals surface area contributed by atoms with Crippen LogP contribution in [0.25, 0.3) is 0 Å². The Morgan fingerprint density at radius 3 is 2.53 bits per heavy atom. The molecule has 0 aliphatic rings. The van der Waals surface area contributed by atoms with Crippen molar-refractivity contribution in [2.75, 3.05) is 20.8 Å². The average Bonchev–Trinajstić information content (AvgIpc) is 2.96. The minimum absolute atomic E-state index is 0.514. The molecule has 0 fully saturated rings. The first-order chi connectivity index (χ1) is 9.35. The third-order valence-corrected chi connectivity index (χ3v) is 2.54. The topological polar surface area (TPSA) is 87.0 Å². The van der Waals surface area contributed by atoms with Crippen LogP contribution >= 0.6 is 0 Å². The Bertz CT molecular complexity index is 480. The molecule has 0 radical (unpaired) electrons. The maximum absolute atomic E-state index is 5.19. The van der Waals surface area contributed by atoms with E-state index in [1.54, 1.807) is 25.1 Å². The highest BCUT2D eigenvalue weighted by atomic mass is 16.5. The third kappa shape index (κ3) is 3.38. The number of nitrogens with zero attached hydrogens (tertiary/aromatic N) is 5. The van der Waals surface area contributed by atoms with E-state index < -0.39 is 0 Å². The van der Waals surface area contributed by atoms with Crippen molar-refractivity contribution in [3.05, 3.63) is 24.3 Å². The standard InChI is InChI=1S/C11H16N6O2/c1-18-10-9(11(19-2)14-8-13-10)7-12-3-5-17-6-4-15-16-17/h4,6,8,12H,3,5,7H2,1-2H3. The number of nitrogens with one attached hydrogen (secondary N) is 1. The normalized spacial score (nSPS) is 10.4. The van der Waals surface area contributed by atoms with Gasteiger partial charge in [-0.25, -0.2) is 9.97 Å². The van der Waals surface area contributed by atoms with Crippen molar-refractivity contribution in [3.63, 3.8) is 0 Å². The van der Waals surface area contributed by atoms with Crippen LogP contribution in [0.4, 0.5) is 0 Å². The van der Waals surface area contributed by atoms with Crippen LogP contribution in [0.15, 0.2) is 18.7 Å². The summed E-state index contributed by atoms with van der Waals surface area (Å²) in [5, 5.41) is 10.9. The first-order valence-electron chi connectivity index (χ1n) is 5.81. The maximum atomic E-state index is 5.19. The van der Waals surface area contributed by atoms with E-state index in [2.05, 4.69) is 25.6 Å². The lowest BCUT2D eigenvalue weighted by atomic mass is 10.3. The molecule has 8 nitrogen and oxygen atoms in total. The molecule has 19 heavy (non-hydrogen) atoms. The molecule has 1 N–H and O–H groups in total. The van der Waals surface area contributed by atoms with Crippen LogP contribution in [-0.4, -0.2) is 45.7 Å². The van der Waals surface area contributed by atoms with Crippen LogP contribution in [0.5, 0.6) is 11.8 Å². The molecule has 0 aliphatic carbocycles. The van der Waals surface area contributed by atoms with Crippen molar-refractivity contribution < 1.29 is 9.47 Å². The van der Waals surface area contributed by atoms with Crippen LogP contribution in [-0.2, 0) is 13.1 Å². The Balaban J connectivity index is 1.91. The molecule has 0 bridgehead atoms. The SMILES string of the molecule is COc1ncnc(OC)c1CNCCn1ccnn1. The second-order valence-corrected chi connectivity index (χ2v) is 3.71. The van der Waals surface area contributed by atoms with E-state index in [1.807, 2.05) is 6.20 Å². The van der Waals surface area contributed by atoms with Gasteiger partial charge in [0.25, 0.3) is 0 Å². The highest BCUT2D eigenvalue weighted by Crippen LogP contribution is 2.22. The lowest BCUT2D eigenvalue weighted by Gasteiger charge is -2.11.